The zero-order chi connectivity index (χ0) is 13.7. The molecule has 0 radical (unpaired) electrons. The van der Waals surface area contributed by atoms with E-state index in [1.807, 2.05) is 31.3 Å². The second-order valence-corrected chi connectivity index (χ2v) is 5.53. The van der Waals surface area contributed by atoms with Gasteiger partial charge in [0.1, 0.15) is 0 Å². The molecule has 1 fully saturated rings. The van der Waals surface area contributed by atoms with Crippen LogP contribution in [0.3, 0.4) is 0 Å². The van der Waals surface area contributed by atoms with E-state index in [2.05, 4.69) is 0 Å². The second-order valence-electron chi connectivity index (χ2n) is 5.53. The highest BCUT2D eigenvalue weighted by atomic mass is 16.2. The van der Waals surface area contributed by atoms with Gasteiger partial charge in [-0.15, -0.1) is 0 Å². The fourth-order valence-corrected chi connectivity index (χ4v) is 2.84. The Labute approximate surface area is 115 Å². The summed E-state index contributed by atoms with van der Waals surface area (Å²) in [6.07, 6.45) is 8.29. The number of carbonyl (C=O) groups is 1. The van der Waals surface area contributed by atoms with Crippen molar-refractivity contribution in [3.63, 3.8) is 0 Å². The summed E-state index contributed by atoms with van der Waals surface area (Å²) in [7, 11) is 1.86. The number of anilines is 2. The molecular formula is C16H24N2O. The molecule has 19 heavy (non-hydrogen) atoms. The van der Waals surface area contributed by atoms with Crippen LogP contribution in [0.5, 0.6) is 0 Å². The maximum atomic E-state index is 12.6. The van der Waals surface area contributed by atoms with E-state index in [4.69, 9.17) is 5.73 Å². The van der Waals surface area contributed by atoms with Gasteiger partial charge >= 0.3 is 0 Å². The average molecular weight is 260 g/mol. The van der Waals surface area contributed by atoms with Crippen molar-refractivity contribution in [1.29, 1.82) is 0 Å². The van der Waals surface area contributed by atoms with Crippen LogP contribution < -0.4 is 10.6 Å². The molecule has 1 aromatic rings. The van der Waals surface area contributed by atoms with Gasteiger partial charge in [-0.2, -0.15) is 0 Å². The predicted octanol–water partition coefficient (Wildman–Crippen LogP) is 3.59. The Hall–Kier alpha value is -1.51. The molecule has 104 valence electrons. The Kier molecular flexibility index (Phi) is 4.83. The first-order chi connectivity index (χ1) is 9.18. The molecule has 0 spiro atoms. The molecule has 1 aromatic carbocycles. The third kappa shape index (κ3) is 3.72. The lowest BCUT2D eigenvalue weighted by atomic mass is 9.90. The zero-order valence-electron chi connectivity index (χ0n) is 11.8. The Morgan fingerprint density at radius 2 is 1.79 bits per heavy atom. The van der Waals surface area contributed by atoms with Crippen LogP contribution in [0.4, 0.5) is 11.4 Å². The lowest BCUT2D eigenvalue weighted by Gasteiger charge is -2.25. The average Bonchev–Trinajstić information content (AvgIpc) is 2.37. The predicted molar refractivity (Wildman–Crippen MR) is 80.1 cm³/mol. The maximum absolute atomic E-state index is 12.6. The molecule has 3 nitrogen and oxygen atoms in total. The van der Waals surface area contributed by atoms with Gasteiger partial charge in [-0.3, -0.25) is 4.79 Å². The van der Waals surface area contributed by atoms with Gasteiger partial charge in [-0.05, 0) is 31.0 Å². The van der Waals surface area contributed by atoms with Crippen molar-refractivity contribution in [2.45, 2.75) is 44.9 Å². The number of amides is 1. The molecule has 0 aromatic heterocycles. The number of hydrogen-bond acceptors (Lipinski definition) is 2. The molecule has 0 atom stereocenters. The van der Waals surface area contributed by atoms with Crippen molar-refractivity contribution in [1.82, 2.24) is 0 Å². The van der Waals surface area contributed by atoms with Crippen LogP contribution in [0.25, 0.3) is 0 Å². The number of nitrogens with zero attached hydrogens (tertiary/aromatic N) is 1. The topological polar surface area (TPSA) is 46.3 Å². The number of nitrogen functional groups attached to an aromatic ring is 1. The van der Waals surface area contributed by atoms with Crippen molar-refractivity contribution >= 4 is 17.3 Å². The van der Waals surface area contributed by atoms with Gasteiger partial charge < -0.3 is 10.6 Å². The molecule has 0 saturated heterocycles. The Bertz CT molecular complexity index is 423. The first kappa shape index (κ1) is 13.9. The molecule has 0 bridgehead atoms. The minimum atomic E-state index is 0.187. The Morgan fingerprint density at radius 1 is 1.16 bits per heavy atom. The van der Waals surface area contributed by atoms with E-state index in [1.54, 1.807) is 4.90 Å². The summed E-state index contributed by atoms with van der Waals surface area (Å²) in [4.78, 5) is 14.3. The summed E-state index contributed by atoms with van der Waals surface area (Å²) in [6, 6.07) is 7.54. The molecular weight excluding hydrogens is 236 g/mol. The highest BCUT2D eigenvalue weighted by molar-refractivity contribution is 5.94. The third-order valence-electron chi connectivity index (χ3n) is 4.04. The molecule has 1 amide bonds. The smallest absolute Gasteiger partial charge is 0.229 e. The van der Waals surface area contributed by atoms with E-state index in [0.717, 1.165) is 18.5 Å². The largest absolute Gasteiger partial charge is 0.399 e. The molecule has 0 aliphatic heterocycles. The van der Waals surface area contributed by atoms with Gasteiger partial charge in [0.25, 0.3) is 0 Å². The quantitative estimate of drug-likeness (QED) is 0.826. The molecule has 3 heteroatoms. The Morgan fingerprint density at radius 3 is 2.42 bits per heavy atom. The van der Waals surface area contributed by atoms with Crippen molar-refractivity contribution in [2.24, 2.45) is 5.92 Å². The van der Waals surface area contributed by atoms with E-state index in [-0.39, 0.29) is 11.8 Å². The fourth-order valence-electron chi connectivity index (χ4n) is 2.84. The minimum Gasteiger partial charge on any atom is -0.399 e. The van der Waals surface area contributed by atoms with E-state index in [1.165, 1.54) is 32.1 Å². The highest BCUT2D eigenvalue weighted by Gasteiger charge is 2.23. The Balaban J connectivity index is 2.04. The van der Waals surface area contributed by atoms with Crippen molar-refractivity contribution < 1.29 is 4.79 Å². The van der Waals surface area contributed by atoms with E-state index >= 15 is 0 Å². The summed E-state index contributed by atoms with van der Waals surface area (Å²) in [6.45, 7) is 0. The lowest BCUT2D eigenvalue weighted by molar-refractivity contribution is -0.122. The first-order valence-electron chi connectivity index (χ1n) is 7.31. The SMILES string of the molecule is CN(C(=O)C1CCCCCCC1)c1cccc(N)c1. The molecule has 2 N–H and O–H groups in total. The molecule has 0 unspecified atom stereocenters. The van der Waals surface area contributed by atoms with Gasteiger partial charge in [0, 0.05) is 24.3 Å². The fraction of sp³-hybridized carbons (Fsp3) is 0.562. The van der Waals surface area contributed by atoms with Crippen molar-refractivity contribution in [2.75, 3.05) is 17.7 Å². The van der Waals surface area contributed by atoms with Crippen LogP contribution in [0.1, 0.15) is 44.9 Å². The summed E-state index contributed by atoms with van der Waals surface area (Å²) >= 11 is 0. The van der Waals surface area contributed by atoms with Crippen LogP contribution in [-0.2, 0) is 4.79 Å². The summed E-state index contributed by atoms with van der Waals surface area (Å²) in [5, 5.41) is 0. The van der Waals surface area contributed by atoms with Crippen LogP contribution in [0, 0.1) is 5.92 Å². The van der Waals surface area contributed by atoms with Crippen LogP contribution >= 0.6 is 0 Å². The number of benzene rings is 1. The number of hydrogen-bond donors (Lipinski definition) is 1. The van der Waals surface area contributed by atoms with Gasteiger partial charge in [-0.1, -0.05) is 38.2 Å². The second kappa shape index (κ2) is 6.60. The van der Waals surface area contributed by atoms with E-state index in [9.17, 15) is 4.79 Å². The molecule has 1 aliphatic rings. The summed E-state index contributed by atoms with van der Waals surface area (Å²) < 4.78 is 0. The first-order valence-corrected chi connectivity index (χ1v) is 7.31. The summed E-state index contributed by atoms with van der Waals surface area (Å²) in [5.41, 5.74) is 7.38. The van der Waals surface area contributed by atoms with Gasteiger partial charge in [0.05, 0.1) is 0 Å². The van der Waals surface area contributed by atoms with Gasteiger partial charge in [0.2, 0.25) is 5.91 Å². The molecule has 1 saturated carbocycles. The van der Waals surface area contributed by atoms with Gasteiger partial charge in [-0.25, -0.2) is 0 Å². The van der Waals surface area contributed by atoms with Crippen LogP contribution in [-0.4, -0.2) is 13.0 Å². The van der Waals surface area contributed by atoms with Crippen LogP contribution in [0.15, 0.2) is 24.3 Å². The third-order valence-corrected chi connectivity index (χ3v) is 4.04. The zero-order valence-corrected chi connectivity index (χ0v) is 11.8. The number of nitrogens with two attached hydrogens (primary N) is 1. The summed E-state index contributed by atoms with van der Waals surface area (Å²) in [5.74, 6) is 0.430. The minimum absolute atomic E-state index is 0.187. The monoisotopic (exact) mass is 260 g/mol. The van der Waals surface area contributed by atoms with Crippen molar-refractivity contribution in [3.05, 3.63) is 24.3 Å². The van der Waals surface area contributed by atoms with E-state index < -0.39 is 0 Å². The van der Waals surface area contributed by atoms with Crippen molar-refractivity contribution in [3.8, 4) is 0 Å². The molecule has 2 rings (SSSR count). The molecule has 0 heterocycles. The van der Waals surface area contributed by atoms with Crippen LogP contribution in [0.2, 0.25) is 0 Å². The highest BCUT2D eigenvalue weighted by Crippen LogP contribution is 2.26. The number of carbonyl (C=O) groups excluding carboxylic acids is 1. The number of rotatable bonds is 2. The van der Waals surface area contributed by atoms with Gasteiger partial charge in [0.15, 0.2) is 0 Å². The normalized spacial score (nSPS) is 17.5. The lowest BCUT2D eigenvalue weighted by Crippen LogP contribution is -2.33. The standard InChI is InChI=1S/C16H24N2O/c1-18(15-11-7-10-14(17)12-15)16(19)13-8-5-3-2-4-6-9-13/h7,10-13H,2-6,8-9,17H2,1H3. The maximum Gasteiger partial charge on any atom is 0.229 e. The van der Waals surface area contributed by atoms with E-state index in [0.29, 0.717) is 5.69 Å². The molecule has 1 aliphatic carbocycles.